The molecule has 6 heteroatoms. The molecule has 2 aromatic carbocycles. The second-order valence-corrected chi connectivity index (χ2v) is 10.7. The fourth-order valence-electron chi connectivity index (χ4n) is 4.38. The van der Waals surface area contributed by atoms with Crippen molar-refractivity contribution >= 4 is 16.5 Å². The van der Waals surface area contributed by atoms with Gasteiger partial charge in [-0.05, 0) is 61.9 Å². The summed E-state index contributed by atoms with van der Waals surface area (Å²) >= 11 is 0. The van der Waals surface area contributed by atoms with Crippen LogP contribution < -0.4 is 4.90 Å². The molecule has 1 heterocycles. The third kappa shape index (κ3) is 4.44. The summed E-state index contributed by atoms with van der Waals surface area (Å²) in [6, 6.07) is 16.8. The molecule has 1 aromatic heterocycles. The Bertz CT molecular complexity index is 1200. The van der Waals surface area contributed by atoms with Crippen LogP contribution in [0, 0.1) is 12.8 Å². The molecule has 0 radical (unpaired) electrons. The molecule has 3 unspecified atom stereocenters. The Morgan fingerprint density at radius 1 is 1.00 bits per heavy atom. The Morgan fingerprint density at radius 3 is 2.33 bits per heavy atom. The van der Waals surface area contributed by atoms with Gasteiger partial charge in [-0.1, -0.05) is 54.1 Å². The molecule has 0 bridgehead atoms. The lowest BCUT2D eigenvalue weighted by Crippen LogP contribution is -2.20. The second kappa shape index (κ2) is 9.10. The van der Waals surface area contributed by atoms with E-state index >= 15 is 0 Å². The molecule has 5 rings (SSSR count). The number of allylic oxidation sites excluding steroid dienone is 4. The molecule has 2 aliphatic rings. The van der Waals surface area contributed by atoms with Gasteiger partial charge in [0, 0.05) is 31.4 Å². The number of benzene rings is 2. The maximum Gasteiger partial charge on any atom is 0.226 e. The molecule has 2 aliphatic carbocycles. The average Bonchev–Trinajstić information content (AvgIpc) is 3.59. The van der Waals surface area contributed by atoms with E-state index in [9.17, 15) is 4.21 Å². The van der Waals surface area contributed by atoms with Gasteiger partial charge in [-0.3, -0.25) is 8.78 Å². The van der Waals surface area contributed by atoms with E-state index in [1.165, 1.54) is 5.56 Å². The van der Waals surface area contributed by atoms with Gasteiger partial charge >= 0.3 is 0 Å². The molecular formula is C27H30N4OS. The van der Waals surface area contributed by atoms with E-state index in [1.807, 2.05) is 14.1 Å². The van der Waals surface area contributed by atoms with Crippen LogP contribution in [-0.2, 0) is 10.8 Å². The molecular weight excluding hydrogens is 428 g/mol. The molecule has 0 amide bonds. The van der Waals surface area contributed by atoms with Crippen LogP contribution in [-0.4, -0.2) is 33.1 Å². The Balaban J connectivity index is 1.59. The molecule has 1 saturated carbocycles. The largest absolute Gasteiger partial charge is 0.378 e. The summed E-state index contributed by atoms with van der Waals surface area (Å²) in [6.45, 7) is 2.08. The van der Waals surface area contributed by atoms with Crippen LogP contribution in [0.3, 0.4) is 0 Å². The van der Waals surface area contributed by atoms with Crippen molar-refractivity contribution in [3.8, 4) is 5.69 Å². The first kappa shape index (κ1) is 21.8. The van der Waals surface area contributed by atoms with Crippen LogP contribution in [0.15, 0.2) is 78.0 Å². The number of hydrogen-bond acceptors (Lipinski definition) is 4. The van der Waals surface area contributed by atoms with Gasteiger partial charge in [0.25, 0.3) is 0 Å². The topological polar surface area (TPSA) is 51.0 Å². The number of rotatable bonds is 7. The molecule has 0 spiro atoms. The summed E-state index contributed by atoms with van der Waals surface area (Å²) in [5, 5.41) is 9.43. The Hall–Kier alpha value is -2.99. The van der Waals surface area contributed by atoms with Gasteiger partial charge in [0.15, 0.2) is 0 Å². The van der Waals surface area contributed by atoms with Gasteiger partial charge in [0.1, 0.15) is 5.82 Å². The van der Waals surface area contributed by atoms with E-state index in [2.05, 4.69) is 99.4 Å². The summed E-state index contributed by atoms with van der Waals surface area (Å²) in [4.78, 5) is 2.08. The predicted octanol–water partition coefficient (Wildman–Crippen LogP) is 5.50. The van der Waals surface area contributed by atoms with E-state index in [4.69, 9.17) is 0 Å². The molecule has 3 atom stereocenters. The second-order valence-electron chi connectivity index (χ2n) is 9.20. The SMILES string of the molecule is Cc1ccc(C(C2C=CC=CC2)S(=O)c2nnc(C3CC3)n2-c2ccc(N(C)C)cc2)cc1. The molecule has 33 heavy (non-hydrogen) atoms. The third-order valence-corrected chi connectivity index (χ3v) is 8.15. The van der Waals surface area contributed by atoms with Crippen LogP contribution in [0.25, 0.3) is 5.69 Å². The van der Waals surface area contributed by atoms with Gasteiger partial charge in [-0.25, -0.2) is 0 Å². The van der Waals surface area contributed by atoms with Crippen molar-refractivity contribution < 1.29 is 4.21 Å². The minimum atomic E-state index is -1.38. The summed E-state index contributed by atoms with van der Waals surface area (Å²) in [5.41, 5.74) is 4.37. The first-order valence-electron chi connectivity index (χ1n) is 11.6. The minimum absolute atomic E-state index is 0.143. The quantitative estimate of drug-likeness (QED) is 0.469. The Labute approximate surface area is 198 Å². The maximum absolute atomic E-state index is 14.3. The number of nitrogens with zero attached hydrogens (tertiary/aromatic N) is 4. The third-order valence-electron chi connectivity index (χ3n) is 6.44. The smallest absolute Gasteiger partial charge is 0.226 e. The zero-order chi connectivity index (χ0) is 22.9. The molecule has 3 aromatic rings. The van der Waals surface area contributed by atoms with E-state index in [0.29, 0.717) is 11.1 Å². The zero-order valence-corrected chi connectivity index (χ0v) is 20.2. The number of aromatic nitrogens is 3. The van der Waals surface area contributed by atoms with E-state index in [0.717, 1.165) is 42.0 Å². The molecule has 0 aliphatic heterocycles. The number of hydrogen-bond donors (Lipinski definition) is 0. The summed E-state index contributed by atoms with van der Waals surface area (Å²) in [6.07, 6.45) is 11.5. The highest BCUT2D eigenvalue weighted by atomic mass is 32.2. The highest BCUT2D eigenvalue weighted by Gasteiger charge is 2.36. The molecule has 0 saturated heterocycles. The lowest BCUT2D eigenvalue weighted by atomic mass is 9.92. The van der Waals surface area contributed by atoms with E-state index < -0.39 is 10.8 Å². The lowest BCUT2D eigenvalue weighted by Gasteiger charge is -2.25. The van der Waals surface area contributed by atoms with E-state index in [-0.39, 0.29) is 11.2 Å². The maximum atomic E-state index is 14.3. The highest BCUT2D eigenvalue weighted by Crippen LogP contribution is 2.42. The summed E-state index contributed by atoms with van der Waals surface area (Å²) in [5.74, 6) is 1.47. The van der Waals surface area contributed by atoms with Gasteiger partial charge in [0.2, 0.25) is 5.16 Å². The normalized spacial score (nSPS) is 19.4. The van der Waals surface area contributed by atoms with Crippen LogP contribution >= 0.6 is 0 Å². The van der Waals surface area contributed by atoms with Crippen molar-refractivity contribution in [2.75, 3.05) is 19.0 Å². The van der Waals surface area contributed by atoms with Crippen molar-refractivity contribution in [1.29, 1.82) is 0 Å². The Kier molecular flexibility index (Phi) is 6.02. The van der Waals surface area contributed by atoms with Crippen LogP contribution in [0.1, 0.15) is 47.4 Å². The van der Waals surface area contributed by atoms with Crippen molar-refractivity contribution in [1.82, 2.24) is 14.8 Å². The molecule has 0 N–H and O–H groups in total. The first-order chi connectivity index (χ1) is 16.0. The standard InChI is InChI=1S/C27H30N4OS/c1-19-9-11-21(12-10-19)25(20-7-5-4-6-8-20)33(32)27-29-28-26(22-13-14-22)31(27)24-17-15-23(16-18-24)30(2)3/h4-7,9-12,15-18,20,22,25H,8,13-14H2,1-3H3. The number of anilines is 1. The highest BCUT2D eigenvalue weighted by molar-refractivity contribution is 7.85. The van der Waals surface area contributed by atoms with Crippen LogP contribution in [0.2, 0.25) is 0 Å². The monoisotopic (exact) mass is 458 g/mol. The van der Waals surface area contributed by atoms with Gasteiger partial charge < -0.3 is 4.90 Å². The average molecular weight is 459 g/mol. The van der Waals surface area contributed by atoms with Crippen molar-refractivity contribution in [2.45, 2.75) is 42.5 Å². The minimum Gasteiger partial charge on any atom is -0.378 e. The molecule has 170 valence electrons. The summed E-state index contributed by atoms with van der Waals surface area (Å²) < 4.78 is 16.3. The molecule has 1 fully saturated rings. The first-order valence-corrected chi connectivity index (χ1v) is 12.8. The fourth-order valence-corrected chi connectivity index (χ4v) is 6.03. The van der Waals surface area contributed by atoms with E-state index in [1.54, 1.807) is 0 Å². The van der Waals surface area contributed by atoms with Gasteiger partial charge in [0.05, 0.1) is 16.0 Å². The predicted molar refractivity (Wildman–Crippen MR) is 134 cm³/mol. The lowest BCUT2D eigenvalue weighted by molar-refractivity contribution is 0.594. The van der Waals surface area contributed by atoms with Crippen LogP contribution in [0.4, 0.5) is 5.69 Å². The van der Waals surface area contributed by atoms with Crippen molar-refractivity contribution in [2.24, 2.45) is 5.92 Å². The van der Waals surface area contributed by atoms with Gasteiger partial charge in [-0.2, -0.15) is 0 Å². The van der Waals surface area contributed by atoms with Crippen molar-refractivity contribution in [3.63, 3.8) is 0 Å². The number of aryl methyl sites for hydroxylation is 1. The zero-order valence-electron chi connectivity index (χ0n) is 19.4. The van der Waals surface area contributed by atoms with Crippen LogP contribution in [0.5, 0.6) is 0 Å². The van der Waals surface area contributed by atoms with Crippen molar-refractivity contribution in [3.05, 3.63) is 89.8 Å². The van der Waals surface area contributed by atoms with Gasteiger partial charge in [-0.15, -0.1) is 10.2 Å². The summed E-state index contributed by atoms with van der Waals surface area (Å²) in [7, 11) is 2.68. The fraction of sp³-hybridized carbons (Fsp3) is 0.333. The Morgan fingerprint density at radius 2 is 1.73 bits per heavy atom. The molecule has 5 nitrogen and oxygen atoms in total.